The van der Waals surface area contributed by atoms with Crippen molar-refractivity contribution in [2.75, 3.05) is 0 Å². The van der Waals surface area contributed by atoms with Gasteiger partial charge < -0.3 is 4.98 Å². The lowest BCUT2D eigenvalue weighted by molar-refractivity contribution is 1.12. The van der Waals surface area contributed by atoms with Gasteiger partial charge in [-0.25, -0.2) is 4.98 Å². The Bertz CT molecular complexity index is 171. The molecule has 0 spiro atoms. The second-order valence-electron chi connectivity index (χ2n) is 1.70. The quantitative estimate of drug-likeness (QED) is 0.515. The second-order valence-corrected chi connectivity index (χ2v) is 1.70. The van der Waals surface area contributed by atoms with Crippen LogP contribution in [0.25, 0.3) is 0 Å². The summed E-state index contributed by atoms with van der Waals surface area (Å²) < 4.78 is 0. The maximum Gasteiger partial charge on any atom is 0.103 e. The molecule has 1 heterocycles. The van der Waals surface area contributed by atoms with E-state index in [1.165, 1.54) is 0 Å². The van der Waals surface area contributed by atoms with E-state index in [4.69, 9.17) is 7.85 Å². The topological polar surface area (TPSA) is 28.7 Å². The molecule has 0 atom stereocenters. The number of nitrogens with zero attached hydrogens (tertiary/aromatic N) is 1. The number of aromatic nitrogens is 2. The number of nitrogens with one attached hydrogen (secondary N) is 1. The highest BCUT2D eigenvalue weighted by Crippen LogP contribution is 1.92. The summed E-state index contributed by atoms with van der Waals surface area (Å²) in [6, 6.07) is 0. The molecule has 2 nitrogen and oxygen atoms in total. The lowest BCUT2D eigenvalue weighted by Gasteiger charge is -1.82. The van der Waals surface area contributed by atoms with E-state index < -0.39 is 0 Å². The van der Waals surface area contributed by atoms with Crippen LogP contribution in [-0.4, -0.2) is 17.8 Å². The van der Waals surface area contributed by atoms with Gasteiger partial charge >= 0.3 is 0 Å². The fourth-order valence-corrected chi connectivity index (χ4v) is 0.575. The summed E-state index contributed by atoms with van der Waals surface area (Å²) in [5.74, 6) is 0.922. The first-order valence-corrected chi connectivity index (χ1v) is 2.53. The molecule has 0 aromatic carbocycles. The van der Waals surface area contributed by atoms with Gasteiger partial charge in [-0.05, 0) is 13.2 Å². The van der Waals surface area contributed by atoms with Crippen LogP contribution < -0.4 is 0 Å². The van der Waals surface area contributed by atoms with Crippen molar-refractivity contribution in [3.8, 4) is 0 Å². The molecule has 1 rings (SSSR count). The highest BCUT2D eigenvalue weighted by Gasteiger charge is 1.88. The van der Waals surface area contributed by atoms with Crippen LogP contribution >= 0.6 is 0 Å². The molecule has 0 aliphatic rings. The van der Waals surface area contributed by atoms with Crippen LogP contribution in [0, 0.1) is 6.92 Å². The van der Waals surface area contributed by atoms with Crippen molar-refractivity contribution < 1.29 is 0 Å². The zero-order valence-electron chi connectivity index (χ0n) is 4.81. The van der Waals surface area contributed by atoms with Gasteiger partial charge in [0, 0.05) is 11.9 Å². The summed E-state index contributed by atoms with van der Waals surface area (Å²) >= 11 is 0. The van der Waals surface area contributed by atoms with Gasteiger partial charge in [0.2, 0.25) is 0 Å². The van der Waals surface area contributed by atoms with Crippen molar-refractivity contribution in [3.05, 3.63) is 17.7 Å². The summed E-state index contributed by atoms with van der Waals surface area (Å²) in [6.07, 6.45) is 2.29. The third kappa shape index (κ3) is 0.913. The van der Waals surface area contributed by atoms with Crippen LogP contribution in [0.1, 0.15) is 11.5 Å². The Hall–Kier alpha value is -0.725. The minimum atomic E-state index is 0.542. The fourth-order valence-electron chi connectivity index (χ4n) is 0.575. The van der Waals surface area contributed by atoms with Crippen LogP contribution in [0.15, 0.2) is 6.20 Å². The number of aromatic amines is 1. The Morgan fingerprint density at radius 2 is 2.62 bits per heavy atom. The van der Waals surface area contributed by atoms with Crippen LogP contribution in [-0.2, 0) is 6.32 Å². The first kappa shape index (κ1) is 5.41. The first-order valence-electron chi connectivity index (χ1n) is 2.53. The van der Waals surface area contributed by atoms with Gasteiger partial charge in [0.1, 0.15) is 5.82 Å². The van der Waals surface area contributed by atoms with Crippen molar-refractivity contribution in [1.29, 1.82) is 0 Å². The van der Waals surface area contributed by atoms with E-state index in [0.717, 1.165) is 11.5 Å². The zero-order chi connectivity index (χ0) is 5.98. The van der Waals surface area contributed by atoms with E-state index in [1.807, 2.05) is 6.92 Å². The molecule has 0 bridgehead atoms. The monoisotopic (exact) mass is 106 g/mol. The molecule has 3 heteroatoms. The largest absolute Gasteiger partial charge is 0.347 e. The maximum atomic E-state index is 5.29. The molecule has 40 valence electrons. The number of hydrogen-bond donors (Lipinski definition) is 1. The molecule has 2 radical (unpaired) electrons. The molecule has 0 saturated heterocycles. The van der Waals surface area contributed by atoms with Crippen molar-refractivity contribution in [3.63, 3.8) is 0 Å². The first-order chi connectivity index (χ1) is 3.83. The second kappa shape index (κ2) is 2.03. The zero-order valence-corrected chi connectivity index (χ0v) is 4.81. The van der Waals surface area contributed by atoms with Crippen LogP contribution in [0.5, 0.6) is 0 Å². The van der Waals surface area contributed by atoms with E-state index >= 15 is 0 Å². The van der Waals surface area contributed by atoms with Crippen molar-refractivity contribution in [2.24, 2.45) is 0 Å². The van der Waals surface area contributed by atoms with Gasteiger partial charge in [-0.3, -0.25) is 0 Å². The SMILES string of the molecule is [B]Cc1cnc(C)[nH]1. The standard InChI is InChI=1S/C5H7BN2/c1-4-7-3-5(2-6)8-4/h3H,2H2,1H3,(H,7,8). The predicted molar refractivity (Wildman–Crippen MR) is 32.8 cm³/mol. The minimum absolute atomic E-state index is 0.542. The Kier molecular flexibility index (Phi) is 1.37. The molecule has 1 N–H and O–H groups in total. The molecule has 1 aromatic heterocycles. The number of rotatable bonds is 1. The number of imidazole rings is 1. The predicted octanol–water partition coefficient (Wildman–Crippen LogP) is 0.387. The maximum absolute atomic E-state index is 5.29. The molecule has 8 heavy (non-hydrogen) atoms. The third-order valence-corrected chi connectivity index (χ3v) is 0.975. The van der Waals surface area contributed by atoms with E-state index in [1.54, 1.807) is 6.20 Å². The van der Waals surface area contributed by atoms with Crippen LogP contribution in [0.4, 0.5) is 0 Å². The number of aryl methyl sites for hydroxylation is 1. The molecular formula is C5H7BN2. The Morgan fingerprint density at radius 3 is 2.88 bits per heavy atom. The third-order valence-electron chi connectivity index (χ3n) is 0.975. The summed E-state index contributed by atoms with van der Waals surface area (Å²) in [6.45, 7) is 1.90. The summed E-state index contributed by atoms with van der Waals surface area (Å²) in [7, 11) is 5.29. The molecule has 1 aromatic rings. The van der Waals surface area contributed by atoms with Crippen molar-refractivity contribution in [1.82, 2.24) is 9.97 Å². The van der Waals surface area contributed by atoms with Crippen LogP contribution in [0.3, 0.4) is 0 Å². The van der Waals surface area contributed by atoms with E-state index in [2.05, 4.69) is 9.97 Å². The van der Waals surface area contributed by atoms with E-state index in [-0.39, 0.29) is 0 Å². The Morgan fingerprint density at radius 1 is 1.88 bits per heavy atom. The Labute approximate surface area is 49.7 Å². The number of H-pyrrole nitrogens is 1. The normalized spacial score (nSPS) is 9.62. The fraction of sp³-hybridized carbons (Fsp3) is 0.400. The van der Waals surface area contributed by atoms with Gasteiger partial charge in [0.25, 0.3) is 0 Å². The van der Waals surface area contributed by atoms with Crippen LogP contribution in [0.2, 0.25) is 0 Å². The highest BCUT2D eigenvalue weighted by molar-refractivity contribution is 6.08. The van der Waals surface area contributed by atoms with Gasteiger partial charge in [-0.2, -0.15) is 0 Å². The van der Waals surface area contributed by atoms with Gasteiger partial charge in [-0.1, -0.05) is 0 Å². The lowest BCUT2D eigenvalue weighted by atomic mass is 10.0. The molecule has 0 aliphatic carbocycles. The highest BCUT2D eigenvalue weighted by atomic mass is 14.9. The van der Waals surface area contributed by atoms with E-state index in [0.29, 0.717) is 6.32 Å². The average molecular weight is 106 g/mol. The molecule has 0 fully saturated rings. The summed E-state index contributed by atoms with van der Waals surface area (Å²) in [5.41, 5.74) is 0.988. The molecular weight excluding hydrogens is 98.9 g/mol. The van der Waals surface area contributed by atoms with Gasteiger partial charge in [0.05, 0.1) is 7.85 Å². The van der Waals surface area contributed by atoms with Gasteiger partial charge in [0.15, 0.2) is 0 Å². The Balaban J connectivity index is 2.84. The molecule has 0 unspecified atom stereocenters. The molecule has 0 amide bonds. The minimum Gasteiger partial charge on any atom is -0.347 e. The molecule has 0 aliphatic heterocycles. The number of hydrogen-bond acceptors (Lipinski definition) is 1. The summed E-state index contributed by atoms with van der Waals surface area (Å²) in [4.78, 5) is 6.94. The lowest BCUT2D eigenvalue weighted by Crippen LogP contribution is -1.81. The van der Waals surface area contributed by atoms with Crippen molar-refractivity contribution >= 4 is 7.85 Å². The van der Waals surface area contributed by atoms with Crippen molar-refractivity contribution in [2.45, 2.75) is 13.2 Å². The summed E-state index contributed by atoms with van der Waals surface area (Å²) in [5, 5.41) is 0. The smallest absolute Gasteiger partial charge is 0.103 e. The molecule has 0 saturated carbocycles. The average Bonchev–Trinajstić information content (AvgIpc) is 2.14. The van der Waals surface area contributed by atoms with E-state index in [9.17, 15) is 0 Å². The van der Waals surface area contributed by atoms with Gasteiger partial charge in [-0.15, -0.1) is 0 Å².